The summed E-state index contributed by atoms with van der Waals surface area (Å²) in [7, 11) is 1.51. The number of rotatable bonds is 3. The van der Waals surface area contributed by atoms with Gasteiger partial charge in [0.2, 0.25) is 0 Å². The molecule has 1 heterocycles. The molecule has 0 bridgehead atoms. The Bertz CT molecular complexity index is 675. The summed E-state index contributed by atoms with van der Waals surface area (Å²) in [5.41, 5.74) is 7.04. The van der Waals surface area contributed by atoms with E-state index in [1.165, 1.54) is 7.11 Å². The summed E-state index contributed by atoms with van der Waals surface area (Å²) < 4.78 is 5.23. The lowest BCUT2D eigenvalue weighted by molar-refractivity contribution is 0.100. The van der Waals surface area contributed by atoms with Crippen molar-refractivity contribution in [2.24, 2.45) is 5.73 Å². The molecule has 0 aliphatic rings. The Kier molecular flexibility index (Phi) is 3.44. The van der Waals surface area contributed by atoms with Crippen molar-refractivity contribution in [2.45, 2.75) is 0 Å². The van der Waals surface area contributed by atoms with Gasteiger partial charge < -0.3 is 10.5 Å². The van der Waals surface area contributed by atoms with Gasteiger partial charge in [0.1, 0.15) is 5.75 Å². The second-order valence-electron chi connectivity index (χ2n) is 3.79. The van der Waals surface area contributed by atoms with Crippen LogP contribution >= 0.6 is 0 Å². The molecule has 2 N–H and O–H groups in total. The molecule has 0 aliphatic heterocycles. The molecule has 0 spiro atoms. The molecule has 1 amide bonds. The number of carbonyl (C=O) groups excluding carboxylic acids is 1. The lowest BCUT2D eigenvalue weighted by atomic mass is 10.0. The van der Waals surface area contributed by atoms with Gasteiger partial charge >= 0.3 is 0 Å². The van der Waals surface area contributed by atoms with Crippen LogP contribution in [0.25, 0.3) is 11.3 Å². The van der Waals surface area contributed by atoms with Gasteiger partial charge in [-0.15, -0.1) is 0 Å². The quantitative estimate of drug-likeness (QED) is 0.902. The fourth-order valence-corrected chi connectivity index (χ4v) is 1.78. The van der Waals surface area contributed by atoms with Crippen LogP contribution in [0, 0.1) is 11.3 Å². The van der Waals surface area contributed by atoms with Crippen molar-refractivity contribution in [1.82, 2.24) is 4.98 Å². The Hall–Kier alpha value is -2.87. The molecule has 1 aromatic heterocycles. The van der Waals surface area contributed by atoms with Gasteiger partial charge in [-0.05, 0) is 30.3 Å². The van der Waals surface area contributed by atoms with E-state index in [0.717, 1.165) is 0 Å². The highest BCUT2D eigenvalue weighted by atomic mass is 16.5. The number of pyridine rings is 1. The molecule has 0 radical (unpaired) electrons. The van der Waals surface area contributed by atoms with Crippen LogP contribution in [0.15, 0.2) is 36.5 Å². The van der Waals surface area contributed by atoms with E-state index >= 15 is 0 Å². The lowest BCUT2D eigenvalue weighted by Crippen LogP contribution is -2.13. The highest BCUT2D eigenvalue weighted by Gasteiger charge is 2.15. The van der Waals surface area contributed by atoms with E-state index in [4.69, 9.17) is 15.7 Å². The van der Waals surface area contributed by atoms with Crippen LogP contribution in [0.5, 0.6) is 5.75 Å². The summed E-state index contributed by atoms with van der Waals surface area (Å²) in [5.74, 6) is -0.0484. The van der Waals surface area contributed by atoms with Crippen molar-refractivity contribution in [1.29, 1.82) is 5.26 Å². The molecule has 2 aromatic rings. The van der Waals surface area contributed by atoms with Crippen LogP contribution in [-0.2, 0) is 0 Å². The molecule has 1 aromatic carbocycles. The highest BCUT2D eigenvalue weighted by Crippen LogP contribution is 2.31. The highest BCUT2D eigenvalue weighted by molar-refractivity contribution is 5.99. The van der Waals surface area contributed by atoms with Crippen LogP contribution in [0.3, 0.4) is 0 Å². The zero-order valence-electron chi connectivity index (χ0n) is 10.3. The Labute approximate surface area is 110 Å². The van der Waals surface area contributed by atoms with E-state index in [1.54, 1.807) is 36.5 Å². The van der Waals surface area contributed by atoms with Gasteiger partial charge in [-0.3, -0.25) is 9.78 Å². The van der Waals surface area contributed by atoms with Crippen molar-refractivity contribution >= 4 is 5.91 Å². The molecule has 0 fully saturated rings. The van der Waals surface area contributed by atoms with E-state index in [9.17, 15) is 4.79 Å². The van der Waals surface area contributed by atoms with Crippen molar-refractivity contribution in [3.8, 4) is 23.1 Å². The predicted octanol–water partition coefficient (Wildman–Crippen LogP) is 1.73. The van der Waals surface area contributed by atoms with E-state index < -0.39 is 5.91 Å². The molecular weight excluding hydrogens is 242 g/mol. The summed E-state index contributed by atoms with van der Waals surface area (Å²) >= 11 is 0. The van der Waals surface area contributed by atoms with Crippen LogP contribution in [-0.4, -0.2) is 18.0 Å². The third kappa shape index (κ3) is 2.38. The zero-order valence-corrected chi connectivity index (χ0v) is 10.3. The second kappa shape index (κ2) is 5.19. The van der Waals surface area contributed by atoms with Crippen molar-refractivity contribution < 1.29 is 9.53 Å². The van der Waals surface area contributed by atoms with Crippen LogP contribution in [0.1, 0.15) is 15.9 Å². The first-order chi connectivity index (χ1) is 9.17. The third-order valence-corrected chi connectivity index (χ3v) is 2.66. The lowest BCUT2D eigenvalue weighted by Gasteiger charge is -2.10. The maximum atomic E-state index is 11.4. The Morgan fingerprint density at radius 2 is 2.21 bits per heavy atom. The maximum Gasteiger partial charge on any atom is 0.250 e. The van der Waals surface area contributed by atoms with E-state index in [1.807, 2.05) is 6.07 Å². The number of hydrogen-bond acceptors (Lipinski definition) is 4. The number of methoxy groups -OCH3 is 1. The van der Waals surface area contributed by atoms with Crippen molar-refractivity contribution in [3.05, 3.63) is 47.7 Å². The maximum absolute atomic E-state index is 11.4. The van der Waals surface area contributed by atoms with Crippen LogP contribution in [0.4, 0.5) is 0 Å². The summed E-state index contributed by atoms with van der Waals surface area (Å²) in [6.07, 6.45) is 1.56. The smallest absolute Gasteiger partial charge is 0.250 e. The predicted molar refractivity (Wildman–Crippen MR) is 69.5 cm³/mol. The number of primary amides is 1. The van der Waals surface area contributed by atoms with Gasteiger partial charge in [-0.25, -0.2) is 0 Å². The molecule has 2 rings (SSSR count). The summed E-state index contributed by atoms with van der Waals surface area (Å²) in [6, 6.07) is 10.2. The molecule has 0 unspecified atom stereocenters. The molecule has 5 nitrogen and oxygen atoms in total. The SMILES string of the molecule is COc1ccc(C#N)cc1-c1ncccc1C(N)=O. The largest absolute Gasteiger partial charge is 0.496 e. The number of aromatic nitrogens is 1. The number of nitrogens with two attached hydrogens (primary N) is 1. The number of carbonyl (C=O) groups is 1. The molecule has 0 atom stereocenters. The molecular formula is C14H11N3O2. The minimum absolute atomic E-state index is 0.288. The zero-order chi connectivity index (χ0) is 13.8. The molecule has 0 aliphatic carbocycles. The van der Waals surface area contributed by atoms with Gasteiger partial charge in [-0.2, -0.15) is 5.26 Å². The van der Waals surface area contributed by atoms with Crippen LogP contribution < -0.4 is 10.5 Å². The topological polar surface area (TPSA) is 89.0 Å². The number of ether oxygens (including phenoxy) is 1. The number of nitrogens with zero attached hydrogens (tertiary/aromatic N) is 2. The van der Waals surface area contributed by atoms with Gasteiger partial charge in [0.25, 0.3) is 5.91 Å². The minimum Gasteiger partial charge on any atom is -0.496 e. The monoisotopic (exact) mass is 253 g/mol. The molecule has 94 valence electrons. The van der Waals surface area contributed by atoms with Gasteiger partial charge in [0.15, 0.2) is 0 Å². The van der Waals surface area contributed by atoms with Crippen LogP contribution in [0.2, 0.25) is 0 Å². The summed E-state index contributed by atoms with van der Waals surface area (Å²) in [5, 5.41) is 8.95. The first-order valence-electron chi connectivity index (χ1n) is 5.50. The normalized spacial score (nSPS) is 9.68. The molecule has 19 heavy (non-hydrogen) atoms. The first kappa shape index (κ1) is 12.6. The number of hydrogen-bond donors (Lipinski definition) is 1. The van der Waals surface area contributed by atoms with E-state index in [-0.39, 0.29) is 5.56 Å². The second-order valence-corrected chi connectivity index (χ2v) is 3.79. The van der Waals surface area contributed by atoms with Gasteiger partial charge in [0, 0.05) is 11.8 Å². The molecule has 0 saturated heterocycles. The molecule has 5 heteroatoms. The standard InChI is InChI=1S/C14H11N3O2/c1-19-12-5-4-9(8-15)7-11(12)13-10(14(16)18)3-2-6-17-13/h2-7H,1H3,(H2,16,18). The summed E-state index contributed by atoms with van der Waals surface area (Å²) in [6.45, 7) is 0. The number of amides is 1. The summed E-state index contributed by atoms with van der Waals surface area (Å²) in [4.78, 5) is 15.6. The van der Waals surface area contributed by atoms with E-state index in [2.05, 4.69) is 4.98 Å². The number of benzene rings is 1. The Morgan fingerprint density at radius 1 is 1.42 bits per heavy atom. The average Bonchev–Trinajstić information content (AvgIpc) is 2.46. The van der Waals surface area contributed by atoms with E-state index in [0.29, 0.717) is 22.6 Å². The first-order valence-corrected chi connectivity index (χ1v) is 5.50. The minimum atomic E-state index is -0.576. The Morgan fingerprint density at radius 3 is 2.84 bits per heavy atom. The molecule has 0 saturated carbocycles. The van der Waals surface area contributed by atoms with Gasteiger partial charge in [0.05, 0.1) is 30.0 Å². The van der Waals surface area contributed by atoms with Crippen molar-refractivity contribution in [2.75, 3.05) is 7.11 Å². The number of nitriles is 1. The fourth-order valence-electron chi connectivity index (χ4n) is 1.78. The Balaban J connectivity index is 2.71. The van der Waals surface area contributed by atoms with Crippen molar-refractivity contribution in [3.63, 3.8) is 0 Å². The van der Waals surface area contributed by atoms with Gasteiger partial charge in [-0.1, -0.05) is 0 Å². The third-order valence-electron chi connectivity index (χ3n) is 2.66. The fraction of sp³-hybridized carbons (Fsp3) is 0.0714. The average molecular weight is 253 g/mol.